The van der Waals surface area contributed by atoms with Crippen molar-refractivity contribution in [1.29, 1.82) is 0 Å². The summed E-state index contributed by atoms with van der Waals surface area (Å²) in [7, 11) is 3.04. The van der Waals surface area contributed by atoms with Gasteiger partial charge in [0.2, 0.25) is 0 Å². The van der Waals surface area contributed by atoms with Gasteiger partial charge in [0.1, 0.15) is 23.3 Å². The summed E-state index contributed by atoms with van der Waals surface area (Å²) < 4.78 is 11.8. The molecule has 1 N–H and O–H groups in total. The van der Waals surface area contributed by atoms with Gasteiger partial charge in [0.25, 0.3) is 5.78 Å². The zero-order valence-electron chi connectivity index (χ0n) is 18.4. The molecular weight excluding hydrogens is 452 g/mol. The third-order valence-corrected chi connectivity index (χ3v) is 6.75. The summed E-state index contributed by atoms with van der Waals surface area (Å²) in [5, 5.41) is 11.6. The minimum atomic E-state index is -0.943. The first-order valence-corrected chi connectivity index (χ1v) is 11.3. The number of benzene rings is 3. The number of hydrogen-bond donors (Lipinski definition) is 1. The second-order valence-electron chi connectivity index (χ2n) is 7.61. The molecule has 1 aliphatic rings. The van der Waals surface area contributed by atoms with Crippen LogP contribution in [0.4, 0.5) is 5.13 Å². The predicted octanol–water partition coefficient (Wildman–Crippen LogP) is 4.94. The Labute approximate surface area is 199 Å². The largest absolute Gasteiger partial charge is 0.507 e. The van der Waals surface area contributed by atoms with Crippen LogP contribution in [0, 0.1) is 0 Å². The van der Waals surface area contributed by atoms with E-state index < -0.39 is 17.7 Å². The first kappa shape index (κ1) is 21.7. The van der Waals surface area contributed by atoms with E-state index in [-0.39, 0.29) is 11.3 Å². The number of amides is 1. The lowest BCUT2D eigenvalue weighted by atomic mass is 9.94. The van der Waals surface area contributed by atoms with Crippen molar-refractivity contribution in [2.45, 2.75) is 6.04 Å². The van der Waals surface area contributed by atoms with Gasteiger partial charge in [0, 0.05) is 17.2 Å². The van der Waals surface area contributed by atoms with Crippen molar-refractivity contribution in [2.75, 3.05) is 19.1 Å². The topological polar surface area (TPSA) is 89.0 Å². The summed E-state index contributed by atoms with van der Waals surface area (Å²) in [5.41, 5.74) is 1.65. The van der Waals surface area contributed by atoms with Gasteiger partial charge in [-0.3, -0.25) is 14.5 Å². The number of ketones is 1. The molecule has 34 heavy (non-hydrogen) atoms. The predicted molar refractivity (Wildman–Crippen MR) is 130 cm³/mol. The van der Waals surface area contributed by atoms with E-state index in [1.165, 1.54) is 30.5 Å². The molecule has 2 heterocycles. The molecule has 1 unspecified atom stereocenters. The maximum atomic E-state index is 13.4. The lowest BCUT2D eigenvalue weighted by Crippen LogP contribution is -2.29. The third-order valence-electron chi connectivity index (χ3n) is 5.72. The second kappa shape index (κ2) is 8.64. The lowest BCUT2D eigenvalue weighted by molar-refractivity contribution is -0.132. The summed E-state index contributed by atoms with van der Waals surface area (Å²) in [4.78, 5) is 32.6. The van der Waals surface area contributed by atoms with E-state index in [9.17, 15) is 14.7 Å². The summed E-state index contributed by atoms with van der Waals surface area (Å²) in [5.74, 6) is -0.842. The van der Waals surface area contributed by atoms with Gasteiger partial charge >= 0.3 is 5.91 Å². The van der Waals surface area contributed by atoms with Crippen LogP contribution in [0.15, 0.2) is 78.4 Å². The number of fused-ring (bicyclic) bond motifs is 1. The van der Waals surface area contributed by atoms with E-state index >= 15 is 0 Å². The Hall–Kier alpha value is -4.17. The van der Waals surface area contributed by atoms with E-state index in [2.05, 4.69) is 4.98 Å². The number of hydrogen-bond acceptors (Lipinski definition) is 7. The number of aromatic nitrogens is 1. The molecule has 170 valence electrons. The van der Waals surface area contributed by atoms with Crippen LogP contribution in [0.1, 0.15) is 17.2 Å². The number of carbonyl (C=O) groups is 2. The van der Waals surface area contributed by atoms with Crippen LogP contribution in [0.5, 0.6) is 11.5 Å². The van der Waals surface area contributed by atoms with Gasteiger partial charge in [-0.05, 0) is 24.3 Å². The molecular formula is C26H20N2O5S. The molecule has 0 saturated carbocycles. The Morgan fingerprint density at radius 2 is 1.71 bits per heavy atom. The maximum absolute atomic E-state index is 13.4. The minimum Gasteiger partial charge on any atom is -0.507 e. The number of thiazole rings is 1. The normalized spacial score (nSPS) is 17.4. The molecule has 1 fully saturated rings. The van der Waals surface area contributed by atoms with Crippen molar-refractivity contribution in [1.82, 2.24) is 4.98 Å². The Kier molecular flexibility index (Phi) is 5.51. The van der Waals surface area contributed by atoms with Gasteiger partial charge in [-0.25, -0.2) is 4.98 Å². The molecule has 5 rings (SSSR count). The molecule has 1 aromatic heterocycles. The van der Waals surface area contributed by atoms with Crippen molar-refractivity contribution >= 4 is 44.1 Å². The first-order chi connectivity index (χ1) is 16.5. The molecule has 4 aromatic rings. The number of methoxy groups -OCH3 is 2. The van der Waals surface area contributed by atoms with Crippen molar-refractivity contribution < 1.29 is 24.2 Å². The smallest absolute Gasteiger partial charge is 0.301 e. The van der Waals surface area contributed by atoms with E-state index in [1.807, 2.05) is 24.3 Å². The van der Waals surface area contributed by atoms with Crippen LogP contribution in [0.3, 0.4) is 0 Å². The standard InChI is InChI=1S/C26H20N2O5S/c1-32-16-12-13-17(19(14-16)33-2)22-21(23(29)15-8-4-3-5-9-15)24(30)25(31)28(22)26-27-18-10-6-7-11-20(18)34-26/h3-14,22,29H,1-2H3/b23-21+. The van der Waals surface area contributed by atoms with Gasteiger partial charge in [0.15, 0.2) is 5.13 Å². The van der Waals surface area contributed by atoms with Gasteiger partial charge in [0.05, 0.1) is 30.0 Å². The Bertz CT molecular complexity index is 1410. The van der Waals surface area contributed by atoms with Crippen LogP contribution >= 0.6 is 11.3 Å². The molecule has 3 aromatic carbocycles. The number of rotatable bonds is 5. The van der Waals surface area contributed by atoms with Gasteiger partial charge in [-0.15, -0.1) is 0 Å². The van der Waals surface area contributed by atoms with Gasteiger partial charge < -0.3 is 14.6 Å². The van der Waals surface area contributed by atoms with Gasteiger partial charge in [-0.2, -0.15) is 0 Å². The van der Waals surface area contributed by atoms with E-state index in [0.29, 0.717) is 33.3 Å². The second-order valence-corrected chi connectivity index (χ2v) is 8.62. The number of Topliss-reactive ketones (excluding diaryl/α,β-unsaturated/α-hetero) is 1. The number of ether oxygens (including phenoxy) is 2. The zero-order valence-corrected chi connectivity index (χ0v) is 19.2. The Balaban J connectivity index is 1.77. The SMILES string of the molecule is COc1ccc(C2/C(=C(\O)c3ccccc3)C(=O)C(=O)N2c2nc3ccccc3s2)c(OC)c1. The number of para-hydroxylation sites is 1. The lowest BCUT2D eigenvalue weighted by Gasteiger charge is -2.24. The Morgan fingerprint density at radius 3 is 2.41 bits per heavy atom. The van der Waals surface area contributed by atoms with Crippen molar-refractivity contribution in [2.24, 2.45) is 0 Å². The van der Waals surface area contributed by atoms with Crippen molar-refractivity contribution in [3.63, 3.8) is 0 Å². The minimum absolute atomic E-state index is 0.0288. The summed E-state index contributed by atoms with van der Waals surface area (Å²) in [6, 6.07) is 20.4. The number of anilines is 1. The fourth-order valence-electron chi connectivity index (χ4n) is 4.08. The summed E-state index contributed by atoms with van der Waals surface area (Å²) in [6.07, 6.45) is 0. The number of aliphatic hydroxyl groups is 1. The van der Waals surface area contributed by atoms with Crippen LogP contribution in [0.25, 0.3) is 16.0 Å². The highest BCUT2D eigenvalue weighted by molar-refractivity contribution is 7.22. The van der Waals surface area contributed by atoms with Crippen LogP contribution in [0.2, 0.25) is 0 Å². The molecule has 0 aliphatic carbocycles. The van der Waals surface area contributed by atoms with Crippen molar-refractivity contribution in [3.8, 4) is 11.5 Å². The molecule has 1 saturated heterocycles. The monoisotopic (exact) mass is 472 g/mol. The van der Waals surface area contributed by atoms with Crippen molar-refractivity contribution in [3.05, 3.63) is 89.5 Å². The van der Waals surface area contributed by atoms with E-state index in [4.69, 9.17) is 9.47 Å². The average Bonchev–Trinajstić information content (AvgIpc) is 3.42. The van der Waals surface area contributed by atoms with Crippen LogP contribution in [-0.4, -0.2) is 36.0 Å². The first-order valence-electron chi connectivity index (χ1n) is 10.5. The maximum Gasteiger partial charge on any atom is 0.301 e. The highest BCUT2D eigenvalue weighted by Crippen LogP contribution is 2.47. The number of aliphatic hydroxyl groups excluding tert-OH is 1. The van der Waals surface area contributed by atoms with Crippen LogP contribution < -0.4 is 14.4 Å². The van der Waals surface area contributed by atoms with Gasteiger partial charge in [-0.1, -0.05) is 53.8 Å². The van der Waals surface area contributed by atoms with E-state index in [0.717, 1.165) is 4.70 Å². The molecule has 1 amide bonds. The number of carbonyl (C=O) groups excluding carboxylic acids is 2. The molecule has 7 nitrogen and oxygen atoms in total. The van der Waals surface area contributed by atoms with E-state index in [1.54, 1.807) is 48.5 Å². The summed E-state index contributed by atoms with van der Waals surface area (Å²) in [6.45, 7) is 0. The highest BCUT2D eigenvalue weighted by Gasteiger charge is 2.49. The average molecular weight is 473 g/mol. The molecule has 8 heteroatoms. The molecule has 0 bridgehead atoms. The molecule has 1 aliphatic heterocycles. The quantitative estimate of drug-likeness (QED) is 0.251. The van der Waals surface area contributed by atoms with Crippen LogP contribution in [-0.2, 0) is 9.59 Å². The zero-order chi connectivity index (χ0) is 23.8. The fourth-order valence-corrected chi connectivity index (χ4v) is 5.08. The molecule has 0 radical (unpaired) electrons. The molecule has 1 atom stereocenters. The Morgan fingerprint density at radius 1 is 0.971 bits per heavy atom. The fraction of sp³-hybridized carbons (Fsp3) is 0.115. The molecule has 0 spiro atoms. The number of nitrogens with zero attached hydrogens (tertiary/aromatic N) is 2. The summed E-state index contributed by atoms with van der Waals surface area (Å²) >= 11 is 1.30. The highest BCUT2D eigenvalue weighted by atomic mass is 32.1. The third kappa shape index (κ3) is 3.48.